The molecule has 0 saturated heterocycles. The molecule has 0 radical (unpaired) electrons. The maximum Gasteiger partial charge on any atom is 0.252 e. The van der Waals surface area contributed by atoms with E-state index in [1.165, 1.54) is 22.9 Å². The molecule has 0 fully saturated rings. The fourth-order valence-electron chi connectivity index (χ4n) is 3.64. The minimum Gasteiger partial charge on any atom is -0.383 e. The van der Waals surface area contributed by atoms with Crippen LogP contribution in [-0.2, 0) is 16.0 Å². The second-order valence-electron chi connectivity index (χ2n) is 7.13. The molecule has 0 bridgehead atoms. The molecule has 6 heteroatoms. The smallest absolute Gasteiger partial charge is 0.252 e. The zero-order valence-corrected chi connectivity index (χ0v) is 17.6. The number of amides is 2. The lowest BCUT2D eigenvalue weighted by Crippen LogP contribution is -2.30. The summed E-state index contributed by atoms with van der Waals surface area (Å²) in [6.45, 7) is 1.60. The Morgan fingerprint density at radius 3 is 2.76 bits per heavy atom. The van der Waals surface area contributed by atoms with Gasteiger partial charge in [-0.25, -0.2) is 0 Å². The van der Waals surface area contributed by atoms with Crippen LogP contribution in [-0.4, -0.2) is 44.4 Å². The van der Waals surface area contributed by atoms with E-state index in [0.717, 1.165) is 24.2 Å². The Hall–Kier alpha value is -2.31. The molecule has 2 aromatic carbocycles. The van der Waals surface area contributed by atoms with Gasteiger partial charge in [-0.15, -0.1) is 11.8 Å². The van der Waals surface area contributed by atoms with Crippen molar-refractivity contribution in [3.8, 4) is 0 Å². The molecule has 0 saturated carbocycles. The fraction of sp³-hybridized carbons (Fsp3) is 0.391. The van der Waals surface area contributed by atoms with Gasteiger partial charge in [-0.05, 0) is 42.5 Å². The number of carbonyl (C=O) groups is 2. The van der Waals surface area contributed by atoms with Gasteiger partial charge in [0.15, 0.2) is 0 Å². The van der Waals surface area contributed by atoms with Crippen molar-refractivity contribution in [2.75, 3.05) is 32.6 Å². The van der Waals surface area contributed by atoms with Gasteiger partial charge in [0, 0.05) is 31.0 Å². The summed E-state index contributed by atoms with van der Waals surface area (Å²) in [6.07, 6.45) is 3.37. The van der Waals surface area contributed by atoms with Crippen LogP contribution in [0.25, 0.3) is 0 Å². The number of aryl methyl sites for hydroxylation is 1. The first-order valence-corrected chi connectivity index (χ1v) is 11.0. The summed E-state index contributed by atoms with van der Waals surface area (Å²) in [5.74, 6) is 0.469. The number of rotatable bonds is 9. The van der Waals surface area contributed by atoms with Gasteiger partial charge < -0.3 is 15.4 Å². The Kier molecular flexibility index (Phi) is 8.14. The molecule has 3 rings (SSSR count). The minimum atomic E-state index is -0.0871. The van der Waals surface area contributed by atoms with Crippen molar-refractivity contribution in [3.05, 3.63) is 65.2 Å². The van der Waals surface area contributed by atoms with Crippen molar-refractivity contribution in [3.63, 3.8) is 0 Å². The standard InChI is InChI=1S/C23H28N2O3S/c1-28-14-13-24-22(26)16-29-21-12-5-4-11-20(21)23(27)25-15-18-9-6-8-17-7-2-3-10-19(17)18/h2-5,7,10-12,18H,6,8-9,13-16H2,1H3,(H,24,26)(H,25,27)/t18-/m1/s1. The van der Waals surface area contributed by atoms with Gasteiger partial charge in [0.25, 0.3) is 5.91 Å². The van der Waals surface area contributed by atoms with E-state index < -0.39 is 0 Å². The molecule has 29 heavy (non-hydrogen) atoms. The molecule has 154 valence electrons. The van der Waals surface area contributed by atoms with E-state index in [1.54, 1.807) is 7.11 Å². The third kappa shape index (κ3) is 6.08. The van der Waals surface area contributed by atoms with Crippen molar-refractivity contribution in [2.45, 2.75) is 30.1 Å². The van der Waals surface area contributed by atoms with E-state index in [9.17, 15) is 9.59 Å². The average molecular weight is 413 g/mol. The highest BCUT2D eigenvalue weighted by molar-refractivity contribution is 8.00. The number of hydrogen-bond acceptors (Lipinski definition) is 4. The molecule has 1 aliphatic carbocycles. The minimum absolute atomic E-state index is 0.0685. The molecule has 2 N–H and O–H groups in total. The van der Waals surface area contributed by atoms with Gasteiger partial charge in [-0.3, -0.25) is 9.59 Å². The van der Waals surface area contributed by atoms with Crippen LogP contribution in [0.4, 0.5) is 0 Å². The third-order valence-corrected chi connectivity index (χ3v) is 6.19. The number of carbonyl (C=O) groups excluding carboxylic acids is 2. The van der Waals surface area contributed by atoms with Crippen LogP contribution in [0.3, 0.4) is 0 Å². The van der Waals surface area contributed by atoms with Crippen molar-refractivity contribution in [2.24, 2.45) is 0 Å². The zero-order chi connectivity index (χ0) is 20.5. The predicted octanol–water partition coefficient (Wildman–Crippen LogP) is 3.39. The summed E-state index contributed by atoms with van der Waals surface area (Å²) in [5.41, 5.74) is 3.37. The normalized spacial score (nSPS) is 15.4. The van der Waals surface area contributed by atoms with Crippen LogP contribution in [0.15, 0.2) is 53.4 Å². The van der Waals surface area contributed by atoms with Gasteiger partial charge in [0.1, 0.15) is 0 Å². The van der Waals surface area contributed by atoms with Gasteiger partial charge in [-0.1, -0.05) is 36.4 Å². The number of ether oxygens (including phenoxy) is 1. The van der Waals surface area contributed by atoms with Crippen LogP contribution in [0, 0.1) is 0 Å². The van der Waals surface area contributed by atoms with Crippen LogP contribution in [0.2, 0.25) is 0 Å². The molecule has 2 aromatic rings. The van der Waals surface area contributed by atoms with Crippen LogP contribution < -0.4 is 10.6 Å². The number of thioether (sulfide) groups is 1. The van der Waals surface area contributed by atoms with Gasteiger partial charge >= 0.3 is 0 Å². The number of hydrogen-bond donors (Lipinski definition) is 2. The van der Waals surface area contributed by atoms with E-state index in [4.69, 9.17) is 4.74 Å². The maximum absolute atomic E-state index is 12.8. The van der Waals surface area contributed by atoms with Gasteiger partial charge in [-0.2, -0.15) is 0 Å². The largest absolute Gasteiger partial charge is 0.383 e. The SMILES string of the molecule is COCCNC(=O)CSc1ccccc1C(=O)NC[C@H]1CCCc2ccccc21. The van der Waals surface area contributed by atoms with Crippen molar-refractivity contribution < 1.29 is 14.3 Å². The van der Waals surface area contributed by atoms with E-state index >= 15 is 0 Å². The molecular weight excluding hydrogens is 384 g/mol. The number of nitrogens with one attached hydrogen (secondary N) is 2. The number of benzene rings is 2. The molecular formula is C23H28N2O3S. The Morgan fingerprint density at radius 2 is 1.90 bits per heavy atom. The number of methoxy groups -OCH3 is 1. The summed E-state index contributed by atoms with van der Waals surface area (Å²) in [6, 6.07) is 16.0. The predicted molar refractivity (Wildman–Crippen MR) is 117 cm³/mol. The summed E-state index contributed by atoms with van der Waals surface area (Å²) >= 11 is 1.38. The van der Waals surface area contributed by atoms with Crippen molar-refractivity contribution >= 4 is 23.6 Å². The number of fused-ring (bicyclic) bond motifs is 1. The summed E-state index contributed by atoms with van der Waals surface area (Å²) in [7, 11) is 1.60. The van der Waals surface area contributed by atoms with Crippen molar-refractivity contribution in [1.82, 2.24) is 10.6 Å². The third-order valence-electron chi connectivity index (χ3n) is 5.12. The summed E-state index contributed by atoms with van der Waals surface area (Å²) in [4.78, 5) is 25.6. The lowest BCUT2D eigenvalue weighted by molar-refractivity contribution is -0.118. The first kappa shape index (κ1) is 21.4. The molecule has 1 atom stereocenters. The molecule has 0 heterocycles. The Balaban J connectivity index is 1.57. The van der Waals surface area contributed by atoms with Gasteiger partial charge in [0.2, 0.25) is 5.91 Å². The van der Waals surface area contributed by atoms with Gasteiger partial charge in [0.05, 0.1) is 17.9 Å². The lowest BCUT2D eigenvalue weighted by Gasteiger charge is -2.25. The first-order valence-electron chi connectivity index (χ1n) is 10.0. The van der Waals surface area contributed by atoms with Crippen LogP contribution >= 0.6 is 11.8 Å². The molecule has 0 aromatic heterocycles. The Labute approximate surface area is 176 Å². The van der Waals surface area contributed by atoms with E-state index in [0.29, 0.717) is 31.2 Å². The maximum atomic E-state index is 12.8. The fourth-order valence-corrected chi connectivity index (χ4v) is 4.52. The van der Waals surface area contributed by atoms with E-state index in [-0.39, 0.29) is 17.6 Å². The van der Waals surface area contributed by atoms with E-state index in [1.807, 2.05) is 24.3 Å². The first-order chi connectivity index (χ1) is 14.2. The summed E-state index contributed by atoms with van der Waals surface area (Å²) in [5, 5.41) is 5.90. The molecule has 5 nitrogen and oxygen atoms in total. The highest BCUT2D eigenvalue weighted by Gasteiger charge is 2.21. The van der Waals surface area contributed by atoms with Crippen molar-refractivity contribution in [1.29, 1.82) is 0 Å². The molecule has 1 aliphatic rings. The zero-order valence-electron chi connectivity index (χ0n) is 16.8. The topological polar surface area (TPSA) is 67.4 Å². The molecule has 0 unspecified atom stereocenters. The quantitative estimate of drug-likeness (QED) is 0.489. The van der Waals surface area contributed by atoms with Crippen LogP contribution in [0.5, 0.6) is 0 Å². The monoisotopic (exact) mass is 412 g/mol. The summed E-state index contributed by atoms with van der Waals surface area (Å²) < 4.78 is 4.93. The molecule has 0 spiro atoms. The second-order valence-corrected chi connectivity index (χ2v) is 8.14. The highest BCUT2D eigenvalue weighted by atomic mass is 32.2. The second kappa shape index (κ2) is 11.0. The molecule has 2 amide bonds. The average Bonchev–Trinajstić information content (AvgIpc) is 2.76. The highest BCUT2D eigenvalue weighted by Crippen LogP contribution is 2.31. The lowest BCUT2D eigenvalue weighted by atomic mass is 9.83. The Bertz CT molecular complexity index is 840. The van der Waals surface area contributed by atoms with Crippen LogP contribution in [0.1, 0.15) is 40.2 Å². The van der Waals surface area contributed by atoms with E-state index in [2.05, 4.69) is 34.9 Å². The molecule has 0 aliphatic heterocycles. The Morgan fingerprint density at radius 1 is 1.10 bits per heavy atom.